The fourth-order valence-electron chi connectivity index (χ4n) is 6.63. The Bertz CT molecular complexity index is 1200. The molecule has 1 saturated carbocycles. The van der Waals surface area contributed by atoms with Gasteiger partial charge in [0.2, 0.25) is 0 Å². The Morgan fingerprint density at radius 2 is 1.62 bits per heavy atom. The van der Waals surface area contributed by atoms with E-state index in [9.17, 15) is 4.79 Å². The van der Waals surface area contributed by atoms with Crippen LogP contribution >= 0.6 is 11.6 Å². The lowest BCUT2D eigenvalue weighted by molar-refractivity contribution is 0.0938. The number of carbonyl (C=O) groups is 1. The molecule has 1 aliphatic carbocycles. The van der Waals surface area contributed by atoms with Crippen LogP contribution in [0.3, 0.4) is 0 Å². The van der Waals surface area contributed by atoms with Gasteiger partial charge < -0.3 is 5.32 Å². The van der Waals surface area contributed by atoms with Gasteiger partial charge >= 0.3 is 0 Å². The Morgan fingerprint density at radius 3 is 2.32 bits per heavy atom. The first-order valence-electron chi connectivity index (χ1n) is 12.8. The SMILES string of the molecule is Cc1ccc2c(C(=O)NCC3CCC(CN4C5CC[C@H]4c4ccccc45)CC3)ccc(Cl)c2n1. The molecule has 1 aromatic heterocycles. The standard InChI is InChI=1S/C29H32ClN3O/c1-18-6-11-23-24(12-13-25(30)28(23)32-18)29(34)31-16-19-7-9-20(10-8-19)17-33-26-14-15-27(33)22-5-3-2-4-21(22)26/h2-6,11-13,19-20,26-27H,7-10,14-17H2,1H3,(H,31,34)/t19?,20?,26-,27?/m0/s1. The summed E-state index contributed by atoms with van der Waals surface area (Å²) >= 11 is 6.33. The second-order valence-corrected chi connectivity index (χ2v) is 10.9. The summed E-state index contributed by atoms with van der Waals surface area (Å²) in [5, 5.41) is 4.60. The molecule has 2 atom stereocenters. The molecule has 2 aliphatic heterocycles. The van der Waals surface area contributed by atoms with Crippen molar-refractivity contribution in [1.29, 1.82) is 0 Å². The molecule has 2 fully saturated rings. The molecular formula is C29H32ClN3O. The highest BCUT2D eigenvalue weighted by molar-refractivity contribution is 6.35. The summed E-state index contributed by atoms with van der Waals surface area (Å²) < 4.78 is 0. The third-order valence-corrected chi connectivity index (χ3v) is 8.71. The maximum Gasteiger partial charge on any atom is 0.251 e. The first-order chi connectivity index (χ1) is 16.6. The van der Waals surface area contributed by atoms with Gasteiger partial charge in [0.25, 0.3) is 5.91 Å². The Kier molecular flexibility index (Phi) is 5.82. The summed E-state index contributed by atoms with van der Waals surface area (Å²) in [6, 6.07) is 17.8. The van der Waals surface area contributed by atoms with E-state index in [-0.39, 0.29) is 5.91 Å². The number of amides is 1. The fourth-order valence-corrected chi connectivity index (χ4v) is 6.84. The maximum absolute atomic E-state index is 13.0. The number of carbonyl (C=O) groups excluding carboxylic acids is 1. The number of benzene rings is 2. The Labute approximate surface area is 206 Å². The highest BCUT2D eigenvalue weighted by Gasteiger charge is 2.44. The van der Waals surface area contributed by atoms with Gasteiger partial charge in [-0.3, -0.25) is 14.7 Å². The summed E-state index contributed by atoms with van der Waals surface area (Å²) in [5.41, 5.74) is 5.41. The first kappa shape index (κ1) is 22.1. The first-order valence-corrected chi connectivity index (χ1v) is 13.1. The van der Waals surface area contributed by atoms with Crippen LogP contribution in [0.4, 0.5) is 0 Å². The van der Waals surface area contributed by atoms with E-state index in [1.165, 1.54) is 45.1 Å². The van der Waals surface area contributed by atoms with E-state index in [0.29, 0.717) is 34.1 Å². The monoisotopic (exact) mass is 473 g/mol. The lowest BCUT2D eigenvalue weighted by Gasteiger charge is -2.33. The zero-order valence-corrected chi connectivity index (χ0v) is 20.5. The van der Waals surface area contributed by atoms with Crippen molar-refractivity contribution in [1.82, 2.24) is 15.2 Å². The van der Waals surface area contributed by atoms with E-state index < -0.39 is 0 Å². The third-order valence-electron chi connectivity index (χ3n) is 8.41. The number of nitrogens with zero attached hydrogens (tertiary/aromatic N) is 2. The van der Waals surface area contributed by atoms with Gasteiger partial charge in [-0.1, -0.05) is 41.9 Å². The lowest BCUT2D eigenvalue weighted by atomic mass is 9.81. The molecule has 1 unspecified atom stereocenters. The van der Waals surface area contributed by atoms with Crippen molar-refractivity contribution in [3.05, 3.63) is 75.9 Å². The molecule has 1 amide bonds. The Morgan fingerprint density at radius 1 is 0.941 bits per heavy atom. The zero-order chi connectivity index (χ0) is 23.2. The van der Waals surface area contributed by atoms with Crippen molar-refractivity contribution < 1.29 is 4.79 Å². The summed E-state index contributed by atoms with van der Waals surface area (Å²) in [6.45, 7) is 3.91. The minimum atomic E-state index is -0.0270. The van der Waals surface area contributed by atoms with E-state index in [0.717, 1.165) is 23.5 Å². The fraction of sp³-hybridized carbons (Fsp3) is 0.448. The predicted molar refractivity (Wildman–Crippen MR) is 137 cm³/mol. The number of halogens is 1. The van der Waals surface area contributed by atoms with Crippen molar-refractivity contribution in [3.63, 3.8) is 0 Å². The van der Waals surface area contributed by atoms with Gasteiger partial charge in [0.05, 0.1) is 10.5 Å². The lowest BCUT2D eigenvalue weighted by Crippen LogP contribution is -2.34. The van der Waals surface area contributed by atoms with Crippen molar-refractivity contribution in [3.8, 4) is 0 Å². The molecule has 2 aromatic carbocycles. The molecule has 34 heavy (non-hydrogen) atoms. The summed E-state index contributed by atoms with van der Waals surface area (Å²) in [4.78, 5) is 20.3. The highest BCUT2D eigenvalue weighted by Crippen LogP contribution is 2.53. The second-order valence-electron chi connectivity index (χ2n) is 10.5. The molecule has 2 bridgehead atoms. The summed E-state index contributed by atoms with van der Waals surface area (Å²) in [6.07, 6.45) is 7.56. The highest BCUT2D eigenvalue weighted by atomic mass is 35.5. The zero-order valence-electron chi connectivity index (χ0n) is 19.8. The van der Waals surface area contributed by atoms with Crippen LogP contribution in [-0.4, -0.2) is 28.9 Å². The molecule has 3 aromatic rings. The van der Waals surface area contributed by atoms with Gasteiger partial charge in [-0.15, -0.1) is 0 Å². The number of hydrogen-bond acceptors (Lipinski definition) is 3. The number of nitrogens with one attached hydrogen (secondary N) is 1. The van der Waals surface area contributed by atoms with Gasteiger partial charge in [-0.25, -0.2) is 0 Å². The van der Waals surface area contributed by atoms with Gasteiger partial charge in [0.1, 0.15) is 0 Å². The van der Waals surface area contributed by atoms with E-state index >= 15 is 0 Å². The summed E-state index contributed by atoms with van der Waals surface area (Å²) in [5.74, 6) is 1.31. The Hall–Kier alpha value is -2.43. The van der Waals surface area contributed by atoms with Crippen molar-refractivity contribution in [2.75, 3.05) is 13.1 Å². The molecule has 176 valence electrons. The van der Waals surface area contributed by atoms with Crippen LogP contribution in [0, 0.1) is 18.8 Å². The number of aryl methyl sites for hydroxylation is 1. The molecule has 3 aliphatic rings. The summed E-state index contributed by atoms with van der Waals surface area (Å²) in [7, 11) is 0. The van der Waals surface area contributed by atoms with Crippen molar-refractivity contribution >= 4 is 28.4 Å². The number of fused-ring (bicyclic) bond motifs is 6. The van der Waals surface area contributed by atoms with E-state index in [1.54, 1.807) is 17.2 Å². The second kappa shape index (κ2) is 8.98. The number of aromatic nitrogens is 1. The third kappa shape index (κ3) is 3.91. The molecular weight excluding hydrogens is 442 g/mol. The van der Waals surface area contributed by atoms with Crippen LogP contribution in [0.2, 0.25) is 5.02 Å². The largest absolute Gasteiger partial charge is 0.352 e. The van der Waals surface area contributed by atoms with E-state index in [2.05, 4.69) is 39.5 Å². The topological polar surface area (TPSA) is 45.2 Å². The number of rotatable bonds is 5. The maximum atomic E-state index is 13.0. The van der Waals surface area contributed by atoms with Crippen LogP contribution < -0.4 is 5.32 Å². The van der Waals surface area contributed by atoms with E-state index in [1.807, 2.05) is 25.1 Å². The van der Waals surface area contributed by atoms with Crippen LogP contribution in [0.5, 0.6) is 0 Å². The molecule has 0 radical (unpaired) electrons. The quantitative estimate of drug-likeness (QED) is 0.452. The normalized spacial score (nSPS) is 26.1. The van der Waals surface area contributed by atoms with Crippen LogP contribution in [0.25, 0.3) is 10.9 Å². The average Bonchev–Trinajstić information content (AvgIpc) is 3.39. The molecule has 1 N–H and O–H groups in total. The molecule has 1 saturated heterocycles. The predicted octanol–water partition coefficient (Wildman–Crippen LogP) is 6.62. The smallest absolute Gasteiger partial charge is 0.251 e. The molecule has 6 rings (SSSR count). The van der Waals surface area contributed by atoms with E-state index in [4.69, 9.17) is 11.6 Å². The molecule has 4 nitrogen and oxygen atoms in total. The van der Waals surface area contributed by atoms with Gasteiger partial charge in [-0.2, -0.15) is 0 Å². The van der Waals surface area contributed by atoms with Crippen LogP contribution in [0.15, 0.2) is 48.5 Å². The molecule has 0 spiro atoms. The number of hydrogen-bond donors (Lipinski definition) is 1. The Balaban J connectivity index is 1.03. The number of pyridine rings is 1. The average molecular weight is 474 g/mol. The van der Waals surface area contributed by atoms with Crippen molar-refractivity contribution in [2.45, 2.75) is 57.5 Å². The molecule has 5 heteroatoms. The van der Waals surface area contributed by atoms with Gasteiger partial charge in [-0.05, 0) is 86.6 Å². The van der Waals surface area contributed by atoms with Gasteiger partial charge in [0, 0.05) is 41.8 Å². The van der Waals surface area contributed by atoms with Crippen LogP contribution in [0.1, 0.15) is 77.8 Å². The molecule has 3 heterocycles. The minimum absolute atomic E-state index is 0.0270. The van der Waals surface area contributed by atoms with Gasteiger partial charge in [0.15, 0.2) is 0 Å². The van der Waals surface area contributed by atoms with Crippen LogP contribution in [-0.2, 0) is 0 Å². The minimum Gasteiger partial charge on any atom is -0.352 e. The van der Waals surface area contributed by atoms with Crippen molar-refractivity contribution in [2.24, 2.45) is 11.8 Å².